The van der Waals surface area contributed by atoms with Gasteiger partial charge in [-0.15, -0.1) is 0 Å². The van der Waals surface area contributed by atoms with Gasteiger partial charge in [-0.25, -0.2) is 0 Å². The van der Waals surface area contributed by atoms with Crippen LogP contribution >= 0.6 is 0 Å². The minimum absolute atomic E-state index is 0.205. The molecule has 0 aliphatic rings. The highest BCUT2D eigenvalue weighted by Crippen LogP contribution is 2.05. The Morgan fingerprint density at radius 3 is 2.00 bits per heavy atom. The van der Waals surface area contributed by atoms with Crippen molar-refractivity contribution in [2.24, 2.45) is 0 Å². The third-order valence-corrected chi connectivity index (χ3v) is 2.52. The van der Waals surface area contributed by atoms with Crippen LogP contribution in [0.4, 0.5) is 0 Å². The van der Waals surface area contributed by atoms with Gasteiger partial charge in [-0.3, -0.25) is 0 Å². The van der Waals surface area contributed by atoms with Crippen LogP contribution in [0.1, 0.15) is 6.42 Å². The van der Waals surface area contributed by atoms with E-state index in [4.69, 9.17) is 5.11 Å². The van der Waals surface area contributed by atoms with Gasteiger partial charge in [0.2, 0.25) is 0 Å². The van der Waals surface area contributed by atoms with Gasteiger partial charge in [0.25, 0.3) is 0 Å². The highest BCUT2D eigenvalue weighted by Gasteiger charge is 2.14. The van der Waals surface area contributed by atoms with Crippen molar-refractivity contribution in [3.8, 4) is 0 Å². The molecule has 0 fully saturated rings. The fraction of sp³-hybridized carbons (Fsp3) is 1.00. The van der Waals surface area contributed by atoms with E-state index in [1.807, 2.05) is 13.1 Å². The van der Waals surface area contributed by atoms with Crippen molar-refractivity contribution in [1.29, 1.82) is 0 Å². The minimum atomic E-state index is -1.84. The van der Waals surface area contributed by atoms with Crippen LogP contribution in [0.3, 0.4) is 0 Å². The largest absolute Gasteiger partial charge is 0.432 e. The molecule has 0 aromatic carbocycles. The summed E-state index contributed by atoms with van der Waals surface area (Å²) in [6.07, 6.45) is 0.746. The van der Waals surface area contributed by atoms with E-state index >= 15 is 0 Å². The molecule has 0 radical (unpaired) electrons. The Labute approximate surface area is 51.3 Å². The van der Waals surface area contributed by atoms with Crippen molar-refractivity contribution in [1.82, 2.24) is 0 Å². The molecule has 0 heterocycles. The second-order valence-electron chi connectivity index (χ2n) is 2.64. The molecular formula is C5H14O2Si. The molecule has 0 unspecified atom stereocenters. The van der Waals surface area contributed by atoms with E-state index in [9.17, 15) is 4.80 Å². The van der Waals surface area contributed by atoms with Crippen molar-refractivity contribution in [3.05, 3.63) is 0 Å². The number of aliphatic hydroxyl groups excluding tert-OH is 1. The lowest BCUT2D eigenvalue weighted by atomic mass is 10.5. The van der Waals surface area contributed by atoms with Crippen LogP contribution in [-0.4, -0.2) is 24.8 Å². The molecule has 0 aromatic heterocycles. The summed E-state index contributed by atoms with van der Waals surface area (Å²) >= 11 is 0. The van der Waals surface area contributed by atoms with Crippen molar-refractivity contribution in [2.75, 3.05) is 6.61 Å². The smallest absolute Gasteiger partial charge is 0.182 e. The van der Waals surface area contributed by atoms with E-state index in [1.54, 1.807) is 0 Å². The zero-order valence-corrected chi connectivity index (χ0v) is 6.52. The molecule has 0 bridgehead atoms. The summed E-state index contributed by atoms with van der Waals surface area (Å²) in [6.45, 7) is 3.96. The molecule has 2 N–H and O–H groups in total. The maximum atomic E-state index is 9.18. The SMILES string of the molecule is C[Si](C)(O)CCCO. The highest BCUT2D eigenvalue weighted by atomic mass is 28.4. The number of aliphatic hydroxyl groups is 1. The zero-order chi connectivity index (χ0) is 6.62. The Kier molecular flexibility index (Phi) is 3.27. The Balaban J connectivity index is 3.11. The maximum absolute atomic E-state index is 9.18. The van der Waals surface area contributed by atoms with E-state index in [0.29, 0.717) is 0 Å². The molecule has 0 saturated heterocycles. The zero-order valence-electron chi connectivity index (χ0n) is 5.52. The van der Waals surface area contributed by atoms with Gasteiger partial charge in [0.05, 0.1) is 0 Å². The molecule has 0 spiro atoms. The quantitative estimate of drug-likeness (QED) is 0.554. The first-order valence-electron chi connectivity index (χ1n) is 2.89. The van der Waals surface area contributed by atoms with Crippen LogP contribution in [-0.2, 0) is 0 Å². The normalized spacial score (nSPS) is 12.0. The summed E-state index contributed by atoms with van der Waals surface area (Å²) in [5, 5.41) is 8.34. The van der Waals surface area contributed by atoms with E-state index in [2.05, 4.69) is 0 Å². The standard InChI is InChI=1S/C5H14O2Si/c1-8(2,7)5-3-4-6/h6-7H,3-5H2,1-2H3. The van der Waals surface area contributed by atoms with Crippen LogP contribution in [0.2, 0.25) is 19.1 Å². The monoisotopic (exact) mass is 134 g/mol. The summed E-state index contributed by atoms with van der Waals surface area (Å²) in [6, 6.07) is 0.809. The molecular weight excluding hydrogens is 120 g/mol. The summed E-state index contributed by atoms with van der Waals surface area (Å²) in [4.78, 5) is 9.18. The third-order valence-electron chi connectivity index (χ3n) is 0.947. The van der Waals surface area contributed by atoms with Crippen molar-refractivity contribution in [2.45, 2.75) is 25.6 Å². The molecule has 3 heteroatoms. The van der Waals surface area contributed by atoms with Gasteiger partial charge in [-0.1, -0.05) is 0 Å². The van der Waals surface area contributed by atoms with Crippen LogP contribution in [0.25, 0.3) is 0 Å². The lowest BCUT2D eigenvalue weighted by molar-refractivity contribution is 0.292. The highest BCUT2D eigenvalue weighted by molar-refractivity contribution is 6.69. The first-order valence-corrected chi connectivity index (χ1v) is 6.05. The van der Waals surface area contributed by atoms with Crippen molar-refractivity contribution in [3.63, 3.8) is 0 Å². The second kappa shape index (κ2) is 3.22. The van der Waals surface area contributed by atoms with Crippen LogP contribution in [0.15, 0.2) is 0 Å². The Hall–Kier alpha value is 0.137. The molecule has 0 atom stereocenters. The number of hydrogen-bond donors (Lipinski definition) is 2. The fourth-order valence-electron chi connectivity index (χ4n) is 0.512. The summed E-state index contributed by atoms with van der Waals surface area (Å²) in [5.41, 5.74) is 0. The van der Waals surface area contributed by atoms with E-state index in [1.165, 1.54) is 0 Å². The average Bonchev–Trinajstić information content (AvgIpc) is 1.59. The fourth-order valence-corrected chi connectivity index (χ4v) is 1.54. The van der Waals surface area contributed by atoms with E-state index in [0.717, 1.165) is 12.5 Å². The van der Waals surface area contributed by atoms with Gasteiger partial charge in [0, 0.05) is 6.61 Å². The second-order valence-corrected chi connectivity index (χ2v) is 6.76. The molecule has 0 saturated carbocycles. The Morgan fingerprint density at radius 2 is 1.88 bits per heavy atom. The van der Waals surface area contributed by atoms with Crippen LogP contribution in [0, 0.1) is 0 Å². The topological polar surface area (TPSA) is 40.5 Å². The first kappa shape index (κ1) is 8.14. The number of rotatable bonds is 3. The summed E-state index contributed by atoms with van der Waals surface area (Å²) < 4.78 is 0. The molecule has 0 amide bonds. The van der Waals surface area contributed by atoms with Crippen LogP contribution in [0.5, 0.6) is 0 Å². The van der Waals surface area contributed by atoms with E-state index < -0.39 is 8.32 Å². The summed E-state index contributed by atoms with van der Waals surface area (Å²) in [5.74, 6) is 0. The van der Waals surface area contributed by atoms with Gasteiger partial charge in [0.15, 0.2) is 8.32 Å². The van der Waals surface area contributed by atoms with Gasteiger partial charge >= 0.3 is 0 Å². The minimum Gasteiger partial charge on any atom is -0.432 e. The third kappa shape index (κ3) is 6.14. The molecule has 2 nitrogen and oxygen atoms in total. The van der Waals surface area contributed by atoms with Gasteiger partial charge < -0.3 is 9.90 Å². The molecule has 0 aliphatic heterocycles. The Morgan fingerprint density at radius 1 is 1.38 bits per heavy atom. The summed E-state index contributed by atoms with van der Waals surface area (Å²) in [7, 11) is -1.84. The van der Waals surface area contributed by atoms with Crippen molar-refractivity contribution >= 4 is 8.32 Å². The number of hydrogen-bond acceptors (Lipinski definition) is 2. The lowest BCUT2D eigenvalue weighted by Gasteiger charge is -2.11. The average molecular weight is 134 g/mol. The van der Waals surface area contributed by atoms with E-state index in [-0.39, 0.29) is 6.61 Å². The van der Waals surface area contributed by atoms with Gasteiger partial charge in [-0.05, 0) is 25.6 Å². The van der Waals surface area contributed by atoms with Crippen molar-refractivity contribution < 1.29 is 9.90 Å². The first-order chi connectivity index (χ1) is 3.56. The predicted octanol–water partition coefficient (Wildman–Crippen LogP) is 0.566. The maximum Gasteiger partial charge on any atom is 0.182 e. The molecule has 0 aromatic rings. The predicted molar refractivity (Wildman–Crippen MR) is 36.2 cm³/mol. The van der Waals surface area contributed by atoms with Crippen LogP contribution < -0.4 is 0 Å². The van der Waals surface area contributed by atoms with Gasteiger partial charge in [0.1, 0.15) is 0 Å². The molecule has 50 valence electrons. The molecule has 0 aliphatic carbocycles. The lowest BCUT2D eigenvalue weighted by Crippen LogP contribution is -2.24. The molecule has 8 heavy (non-hydrogen) atoms. The Bertz CT molecular complexity index is 57.9. The molecule has 0 rings (SSSR count). The van der Waals surface area contributed by atoms with Gasteiger partial charge in [-0.2, -0.15) is 0 Å².